The maximum atomic E-state index is 13.1. The van der Waals surface area contributed by atoms with Gasteiger partial charge in [-0.3, -0.25) is 0 Å². The van der Waals surface area contributed by atoms with E-state index in [9.17, 15) is 9.90 Å². The van der Waals surface area contributed by atoms with Crippen LogP contribution >= 0.6 is 0 Å². The predicted molar refractivity (Wildman–Crippen MR) is 128 cm³/mol. The van der Waals surface area contributed by atoms with Crippen molar-refractivity contribution in [1.82, 2.24) is 9.91 Å². The Bertz CT molecular complexity index is 1130. The summed E-state index contributed by atoms with van der Waals surface area (Å²) < 4.78 is 5.61. The molecule has 0 unspecified atom stereocenters. The molecule has 0 radical (unpaired) electrons. The molecule has 168 valence electrons. The fourth-order valence-electron chi connectivity index (χ4n) is 4.53. The Morgan fingerprint density at radius 1 is 1.09 bits per heavy atom. The number of aromatic hydroxyl groups is 1. The number of para-hydroxylation sites is 1. The van der Waals surface area contributed by atoms with Gasteiger partial charge in [0.1, 0.15) is 11.3 Å². The summed E-state index contributed by atoms with van der Waals surface area (Å²) in [5.74, 6) is -0.358. The minimum atomic E-state index is -0.501. The van der Waals surface area contributed by atoms with Crippen LogP contribution in [-0.2, 0) is 0 Å². The topological polar surface area (TPSA) is 69.3 Å². The smallest absolute Gasteiger partial charge is 0.343 e. The van der Waals surface area contributed by atoms with Gasteiger partial charge in [0.05, 0.1) is 10.9 Å². The molecule has 1 fully saturated rings. The summed E-state index contributed by atoms with van der Waals surface area (Å²) in [5.41, 5.74) is 2.14. The van der Waals surface area contributed by atoms with E-state index in [4.69, 9.17) is 9.52 Å². The molecule has 1 N–H and O–H groups in total. The summed E-state index contributed by atoms with van der Waals surface area (Å²) in [6.45, 7) is 3.21. The van der Waals surface area contributed by atoms with Crippen molar-refractivity contribution < 1.29 is 9.52 Å². The third-order valence-corrected chi connectivity index (χ3v) is 6.07. The van der Waals surface area contributed by atoms with Gasteiger partial charge in [0.2, 0.25) is 0 Å². The maximum absolute atomic E-state index is 13.1. The molecule has 6 nitrogen and oxygen atoms in total. The van der Waals surface area contributed by atoms with Crippen molar-refractivity contribution in [3.63, 3.8) is 0 Å². The lowest BCUT2D eigenvalue weighted by Gasteiger charge is -2.22. The maximum Gasteiger partial charge on any atom is 0.343 e. The van der Waals surface area contributed by atoms with E-state index in [0.717, 1.165) is 37.3 Å². The summed E-state index contributed by atoms with van der Waals surface area (Å²) >= 11 is 0. The Labute approximate surface area is 188 Å². The molecule has 6 heteroatoms. The first-order valence-electron chi connectivity index (χ1n) is 11.3. The Kier molecular flexibility index (Phi) is 6.90. The number of fused-ring (bicyclic) bond motifs is 1. The molecule has 0 bridgehead atoms. The highest BCUT2D eigenvalue weighted by Crippen LogP contribution is 2.36. The van der Waals surface area contributed by atoms with Crippen LogP contribution in [0.25, 0.3) is 11.0 Å². The molecule has 0 aliphatic carbocycles. The first-order valence-corrected chi connectivity index (χ1v) is 11.3. The van der Waals surface area contributed by atoms with Crippen LogP contribution in [0, 0.1) is 0 Å². The van der Waals surface area contributed by atoms with Gasteiger partial charge in [-0.2, -0.15) is 5.10 Å². The molecule has 32 heavy (non-hydrogen) atoms. The van der Waals surface area contributed by atoms with Crippen molar-refractivity contribution in [2.75, 3.05) is 33.7 Å². The molecule has 3 aromatic rings. The second kappa shape index (κ2) is 10.0. The summed E-state index contributed by atoms with van der Waals surface area (Å²) in [6.07, 6.45) is 3.85. The van der Waals surface area contributed by atoms with Crippen LogP contribution in [-0.4, -0.2) is 54.5 Å². The third kappa shape index (κ3) is 5.02. The van der Waals surface area contributed by atoms with E-state index in [0.29, 0.717) is 23.0 Å². The summed E-state index contributed by atoms with van der Waals surface area (Å²) in [7, 11) is 3.82. The van der Waals surface area contributed by atoms with Gasteiger partial charge < -0.3 is 19.4 Å². The van der Waals surface area contributed by atoms with Crippen molar-refractivity contribution in [1.29, 1.82) is 0 Å². The van der Waals surface area contributed by atoms with Gasteiger partial charge in [0, 0.05) is 38.7 Å². The minimum Gasteiger partial charge on any atom is -0.507 e. The molecular weight excluding hydrogens is 402 g/mol. The van der Waals surface area contributed by atoms with Crippen LogP contribution < -0.4 is 5.63 Å². The molecular formula is C26H31N3O3. The van der Waals surface area contributed by atoms with Crippen LogP contribution in [0.5, 0.6) is 5.75 Å². The van der Waals surface area contributed by atoms with Crippen LogP contribution in [0.4, 0.5) is 0 Å². The molecule has 0 saturated carbocycles. The van der Waals surface area contributed by atoms with E-state index in [1.54, 1.807) is 18.2 Å². The monoisotopic (exact) mass is 433 g/mol. The first-order chi connectivity index (χ1) is 15.5. The fourth-order valence-corrected chi connectivity index (χ4v) is 4.53. The Hall–Kier alpha value is -3.12. The zero-order valence-electron chi connectivity index (χ0n) is 18.8. The van der Waals surface area contributed by atoms with Gasteiger partial charge in [0.15, 0.2) is 0 Å². The summed E-state index contributed by atoms with van der Waals surface area (Å²) in [6, 6.07) is 16.9. The van der Waals surface area contributed by atoms with Crippen LogP contribution in [0.15, 0.2) is 68.9 Å². The van der Waals surface area contributed by atoms with E-state index in [-0.39, 0.29) is 11.7 Å². The van der Waals surface area contributed by atoms with Gasteiger partial charge >= 0.3 is 5.63 Å². The molecule has 2 aromatic carbocycles. The van der Waals surface area contributed by atoms with Crippen LogP contribution in [0.1, 0.15) is 42.7 Å². The number of hydrogen-bond donors (Lipinski definition) is 1. The Morgan fingerprint density at radius 3 is 2.50 bits per heavy atom. The molecule has 1 aromatic heterocycles. The van der Waals surface area contributed by atoms with E-state index in [1.165, 1.54) is 12.8 Å². The van der Waals surface area contributed by atoms with E-state index in [2.05, 4.69) is 4.90 Å². The Balaban J connectivity index is 1.74. The molecule has 1 atom stereocenters. The predicted octanol–water partition coefficient (Wildman–Crippen LogP) is 4.42. The lowest BCUT2D eigenvalue weighted by Crippen LogP contribution is -2.25. The fraction of sp³-hybridized carbons (Fsp3) is 0.385. The van der Waals surface area contributed by atoms with E-state index in [1.807, 2.05) is 55.5 Å². The normalized spacial score (nSPS) is 15.9. The lowest BCUT2D eigenvalue weighted by molar-refractivity contribution is 0.346. The van der Waals surface area contributed by atoms with Crippen molar-refractivity contribution in [3.8, 4) is 5.75 Å². The van der Waals surface area contributed by atoms with Gasteiger partial charge in [-0.25, -0.2) is 4.79 Å². The standard InChI is InChI=1S/C26H31N3O3/c1-28(2)27-20(14-17-29-15-8-9-16-29)18-22(19-10-4-3-5-11-19)24-25(30)21-12-6-7-13-23(21)32-26(24)31/h3-7,10-13,22,30H,8-9,14-18H2,1-2H3/b27-20+/t22-/m1/s1. The number of benzene rings is 2. The first kappa shape index (κ1) is 22.1. The summed E-state index contributed by atoms with van der Waals surface area (Å²) in [5, 5.41) is 18.3. The molecule has 2 heterocycles. The number of nitrogens with zero attached hydrogens (tertiary/aromatic N) is 3. The average Bonchev–Trinajstić information content (AvgIpc) is 3.30. The second-order valence-electron chi connectivity index (χ2n) is 8.63. The minimum absolute atomic E-state index is 0.00514. The zero-order chi connectivity index (χ0) is 22.5. The Morgan fingerprint density at radius 2 is 1.78 bits per heavy atom. The van der Waals surface area contributed by atoms with Crippen molar-refractivity contribution in [3.05, 3.63) is 76.1 Å². The third-order valence-electron chi connectivity index (χ3n) is 6.07. The van der Waals surface area contributed by atoms with Crippen molar-refractivity contribution in [2.45, 2.75) is 31.6 Å². The molecule has 0 spiro atoms. The van der Waals surface area contributed by atoms with Crippen molar-refractivity contribution >= 4 is 16.7 Å². The molecule has 1 saturated heterocycles. The highest BCUT2D eigenvalue weighted by Gasteiger charge is 2.26. The van der Waals surface area contributed by atoms with Gasteiger partial charge in [-0.15, -0.1) is 0 Å². The number of rotatable bonds is 8. The van der Waals surface area contributed by atoms with Gasteiger partial charge in [0.25, 0.3) is 0 Å². The highest BCUT2D eigenvalue weighted by molar-refractivity contribution is 5.87. The number of hydrogen-bond acceptors (Lipinski definition) is 6. The van der Waals surface area contributed by atoms with Gasteiger partial charge in [-0.1, -0.05) is 42.5 Å². The number of hydrazone groups is 1. The van der Waals surface area contributed by atoms with Gasteiger partial charge in [-0.05, 0) is 50.0 Å². The zero-order valence-corrected chi connectivity index (χ0v) is 18.8. The average molecular weight is 434 g/mol. The van der Waals surface area contributed by atoms with E-state index >= 15 is 0 Å². The quantitative estimate of drug-likeness (QED) is 0.323. The molecule has 0 amide bonds. The van der Waals surface area contributed by atoms with Crippen molar-refractivity contribution in [2.24, 2.45) is 5.10 Å². The van der Waals surface area contributed by atoms with Crippen LogP contribution in [0.2, 0.25) is 0 Å². The van der Waals surface area contributed by atoms with E-state index < -0.39 is 5.63 Å². The second-order valence-corrected chi connectivity index (χ2v) is 8.63. The largest absolute Gasteiger partial charge is 0.507 e. The molecule has 1 aliphatic heterocycles. The SMILES string of the molecule is CN(C)/N=C(\CCN1CCCC1)C[C@H](c1ccccc1)c1c(O)c2ccccc2oc1=O. The number of likely N-dealkylation sites (tertiary alicyclic amines) is 1. The summed E-state index contributed by atoms with van der Waals surface area (Å²) in [4.78, 5) is 15.5. The highest BCUT2D eigenvalue weighted by atomic mass is 16.4. The lowest BCUT2D eigenvalue weighted by atomic mass is 9.86. The van der Waals surface area contributed by atoms with Crippen LogP contribution in [0.3, 0.4) is 0 Å². The molecule has 4 rings (SSSR count). The molecule has 1 aliphatic rings.